The topological polar surface area (TPSA) is 66.0 Å². The summed E-state index contributed by atoms with van der Waals surface area (Å²) in [5.41, 5.74) is 1.73. The normalized spacial score (nSPS) is 17.1. The summed E-state index contributed by atoms with van der Waals surface area (Å²) in [6.07, 6.45) is 5.27. The zero-order valence-electron chi connectivity index (χ0n) is 13.3. The molecule has 24 heavy (non-hydrogen) atoms. The van der Waals surface area contributed by atoms with E-state index in [9.17, 15) is 0 Å². The second kappa shape index (κ2) is 6.14. The van der Waals surface area contributed by atoms with Gasteiger partial charge in [-0.3, -0.25) is 4.68 Å². The number of ether oxygens (including phenoxy) is 1. The number of nitrogens with zero attached hydrogens (tertiary/aromatic N) is 4. The highest BCUT2D eigenvalue weighted by Gasteiger charge is 2.41. The van der Waals surface area contributed by atoms with E-state index in [2.05, 4.69) is 38.3 Å². The maximum atomic E-state index is 5.69. The monoisotopic (exact) mass is 388 g/mol. The zero-order valence-corrected chi connectivity index (χ0v) is 14.9. The van der Waals surface area contributed by atoms with Gasteiger partial charge in [0, 0.05) is 30.9 Å². The van der Waals surface area contributed by atoms with Crippen LogP contribution in [-0.4, -0.2) is 33.1 Å². The van der Waals surface area contributed by atoms with Crippen LogP contribution in [0.4, 0.5) is 0 Å². The van der Waals surface area contributed by atoms with E-state index in [0.717, 1.165) is 22.9 Å². The summed E-state index contributed by atoms with van der Waals surface area (Å²) < 4.78 is 14.0. The predicted octanol–water partition coefficient (Wildman–Crippen LogP) is 3.33. The number of rotatable bonds is 3. The van der Waals surface area contributed by atoms with Crippen molar-refractivity contribution in [3.63, 3.8) is 0 Å². The van der Waals surface area contributed by atoms with E-state index in [1.54, 1.807) is 10.9 Å². The number of benzene rings is 1. The third-order valence-corrected chi connectivity index (χ3v) is 5.07. The maximum absolute atomic E-state index is 5.69. The molecule has 2 aromatic heterocycles. The first-order valence-corrected chi connectivity index (χ1v) is 8.64. The standard InChI is InChI=1S/C17H17BrN4O2/c1-22-11-12(10-19-22)15-20-16(24-21-15)17(6-8-23-9-7-17)13-2-4-14(18)5-3-13/h2-5,10-11H,6-9H2,1H3. The first-order chi connectivity index (χ1) is 11.7. The Bertz CT molecular complexity index is 834. The van der Waals surface area contributed by atoms with Crippen LogP contribution in [-0.2, 0) is 17.2 Å². The molecule has 0 saturated carbocycles. The Kier molecular flexibility index (Phi) is 3.97. The number of hydrogen-bond acceptors (Lipinski definition) is 5. The fourth-order valence-corrected chi connectivity index (χ4v) is 3.45. The number of aromatic nitrogens is 4. The molecule has 1 aliphatic rings. The molecular weight excluding hydrogens is 372 g/mol. The fraction of sp³-hybridized carbons (Fsp3) is 0.353. The lowest BCUT2D eigenvalue weighted by atomic mass is 9.74. The number of aryl methyl sites for hydroxylation is 1. The van der Waals surface area contributed by atoms with Gasteiger partial charge in [-0.1, -0.05) is 33.2 Å². The van der Waals surface area contributed by atoms with Gasteiger partial charge in [0.2, 0.25) is 11.7 Å². The molecule has 3 aromatic rings. The third kappa shape index (κ3) is 2.67. The van der Waals surface area contributed by atoms with Crippen LogP contribution in [0.2, 0.25) is 0 Å². The molecule has 0 N–H and O–H groups in total. The second-order valence-corrected chi connectivity index (χ2v) is 6.94. The lowest BCUT2D eigenvalue weighted by Gasteiger charge is -2.34. The molecule has 1 saturated heterocycles. The highest BCUT2D eigenvalue weighted by Crippen LogP contribution is 2.41. The van der Waals surface area contributed by atoms with Gasteiger partial charge in [0.15, 0.2) is 0 Å². The molecule has 0 atom stereocenters. The average molecular weight is 389 g/mol. The smallest absolute Gasteiger partial charge is 0.237 e. The van der Waals surface area contributed by atoms with Crippen molar-refractivity contribution in [2.45, 2.75) is 18.3 Å². The summed E-state index contributed by atoms with van der Waals surface area (Å²) in [6.45, 7) is 1.36. The van der Waals surface area contributed by atoms with E-state index in [0.29, 0.717) is 24.9 Å². The van der Waals surface area contributed by atoms with E-state index >= 15 is 0 Å². The molecule has 0 bridgehead atoms. The molecule has 4 rings (SSSR count). The minimum absolute atomic E-state index is 0.299. The largest absolute Gasteiger partial charge is 0.381 e. The lowest BCUT2D eigenvalue weighted by molar-refractivity contribution is 0.0523. The Morgan fingerprint density at radius 2 is 1.92 bits per heavy atom. The van der Waals surface area contributed by atoms with Gasteiger partial charge in [0.1, 0.15) is 0 Å². The van der Waals surface area contributed by atoms with Crippen molar-refractivity contribution in [3.8, 4) is 11.4 Å². The van der Waals surface area contributed by atoms with Crippen LogP contribution in [0.3, 0.4) is 0 Å². The van der Waals surface area contributed by atoms with Crippen molar-refractivity contribution in [1.29, 1.82) is 0 Å². The Morgan fingerprint density at radius 1 is 1.17 bits per heavy atom. The van der Waals surface area contributed by atoms with Gasteiger partial charge in [0.05, 0.1) is 17.2 Å². The molecule has 7 heteroatoms. The van der Waals surface area contributed by atoms with E-state index < -0.39 is 0 Å². The molecule has 1 fully saturated rings. The Hall–Kier alpha value is -1.99. The molecular formula is C17H17BrN4O2. The summed E-state index contributed by atoms with van der Waals surface area (Å²) in [5.74, 6) is 1.22. The summed E-state index contributed by atoms with van der Waals surface area (Å²) in [7, 11) is 1.87. The molecule has 0 aliphatic carbocycles. The van der Waals surface area contributed by atoms with Crippen LogP contribution in [0.25, 0.3) is 11.4 Å². The first kappa shape index (κ1) is 15.5. The average Bonchev–Trinajstić information content (AvgIpc) is 3.25. The number of halogens is 1. The summed E-state index contributed by atoms with van der Waals surface area (Å²) in [4.78, 5) is 4.69. The van der Waals surface area contributed by atoms with E-state index in [1.807, 2.05) is 25.4 Å². The van der Waals surface area contributed by atoms with E-state index in [1.165, 1.54) is 5.56 Å². The van der Waals surface area contributed by atoms with Gasteiger partial charge in [-0.25, -0.2) is 0 Å². The van der Waals surface area contributed by atoms with Crippen molar-refractivity contribution in [1.82, 2.24) is 19.9 Å². The van der Waals surface area contributed by atoms with E-state index in [-0.39, 0.29) is 5.41 Å². The Morgan fingerprint density at radius 3 is 2.58 bits per heavy atom. The minimum atomic E-state index is -0.299. The Balaban J connectivity index is 1.77. The zero-order chi connectivity index (χ0) is 16.6. The van der Waals surface area contributed by atoms with Crippen LogP contribution in [0.15, 0.2) is 45.7 Å². The lowest BCUT2D eigenvalue weighted by Crippen LogP contribution is -2.35. The van der Waals surface area contributed by atoms with Gasteiger partial charge in [-0.05, 0) is 30.5 Å². The van der Waals surface area contributed by atoms with Crippen molar-refractivity contribution in [2.24, 2.45) is 7.05 Å². The molecule has 0 amide bonds. The molecule has 124 valence electrons. The van der Waals surface area contributed by atoms with Crippen molar-refractivity contribution < 1.29 is 9.26 Å². The highest BCUT2D eigenvalue weighted by molar-refractivity contribution is 9.10. The molecule has 6 nitrogen and oxygen atoms in total. The minimum Gasteiger partial charge on any atom is -0.381 e. The van der Waals surface area contributed by atoms with Crippen LogP contribution in [0.5, 0.6) is 0 Å². The van der Waals surface area contributed by atoms with Gasteiger partial charge in [-0.15, -0.1) is 0 Å². The third-order valence-electron chi connectivity index (χ3n) is 4.54. The summed E-state index contributed by atoms with van der Waals surface area (Å²) in [5, 5.41) is 8.34. The first-order valence-electron chi connectivity index (χ1n) is 7.84. The van der Waals surface area contributed by atoms with Crippen molar-refractivity contribution >= 4 is 15.9 Å². The van der Waals surface area contributed by atoms with Gasteiger partial charge in [-0.2, -0.15) is 10.1 Å². The van der Waals surface area contributed by atoms with Crippen molar-refractivity contribution in [3.05, 3.63) is 52.6 Å². The van der Waals surface area contributed by atoms with Crippen LogP contribution >= 0.6 is 15.9 Å². The molecule has 0 unspecified atom stereocenters. The van der Waals surface area contributed by atoms with Gasteiger partial charge >= 0.3 is 0 Å². The van der Waals surface area contributed by atoms with Gasteiger partial charge in [0.25, 0.3) is 0 Å². The highest BCUT2D eigenvalue weighted by atomic mass is 79.9. The SMILES string of the molecule is Cn1cc(-c2noc(C3(c4ccc(Br)cc4)CCOCC3)n2)cn1. The molecule has 3 heterocycles. The van der Waals surface area contributed by atoms with E-state index in [4.69, 9.17) is 14.2 Å². The van der Waals surface area contributed by atoms with Crippen molar-refractivity contribution in [2.75, 3.05) is 13.2 Å². The van der Waals surface area contributed by atoms with Crippen LogP contribution in [0.1, 0.15) is 24.3 Å². The Labute approximate surface area is 148 Å². The molecule has 0 radical (unpaired) electrons. The predicted molar refractivity (Wildman–Crippen MR) is 91.5 cm³/mol. The second-order valence-electron chi connectivity index (χ2n) is 6.03. The van der Waals surface area contributed by atoms with Gasteiger partial charge < -0.3 is 9.26 Å². The number of hydrogen-bond donors (Lipinski definition) is 0. The quantitative estimate of drug-likeness (QED) is 0.688. The maximum Gasteiger partial charge on any atom is 0.237 e. The molecule has 0 spiro atoms. The molecule has 1 aliphatic heterocycles. The molecule has 1 aromatic carbocycles. The summed E-state index contributed by atoms with van der Waals surface area (Å²) >= 11 is 3.49. The van der Waals surface area contributed by atoms with Crippen LogP contribution in [0, 0.1) is 0 Å². The fourth-order valence-electron chi connectivity index (χ4n) is 3.19. The summed E-state index contributed by atoms with van der Waals surface area (Å²) in [6, 6.07) is 8.32. The van der Waals surface area contributed by atoms with Crippen LogP contribution < -0.4 is 0 Å².